The van der Waals surface area contributed by atoms with Gasteiger partial charge in [0.25, 0.3) is 0 Å². The number of rotatable bonds is 0. The van der Waals surface area contributed by atoms with E-state index in [2.05, 4.69) is 0 Å². The van der Waals surface area contributed by atoms with Crippen molar-refractivity contribution in [1.29, 1.82) is 0 Å². The Balaban J connectivity index is 1.99. The van der Waals surface area contributed by atoms with Crippen LogP contribution in [0.3, 0.4) is 0 Å². The fourth-order valence-electron chi connectivity index (χ4n) is 4.03. The van der Waals surface area contributed by atoms with E-state index in [1.165, 1.54) is 32.1 Å². The zero-order valence-electron chi connectivity index (χ0n) is 7.61. The van der Waals surface area contributed by atoms with Crippen molar-refractivity contribution in [2.24, 2.45) is 11.8 Å². The molecule has 0 aromatic heterocycles. The molecule has 0 nitrogen and oxygen atoms in total. The van der Waals surface area contributed by atoms with Crippen molar-refractivity contribution in [1.82, 2.24) is 0 Å². The predicted octanol–water partition coefficient (Wildman–Crippen LogP) is 2.85. The van der Waals surface area contributed by atoms with Crippen molar-refractivity contribution >= 4 is 37.9 Å². The van der Waals surface area contributed by atoms with Crippen LogP contribution < -0.4 is 0 Å². The van der Waals surface area contributed by atoms with Crippen LogP contribution in [0.15, 0.2) is 0 Å². The topological polar surface area (TPSA) is 0 Å². The summed E-state index contributed by atoms with van der Waals surface area (Å²) in [5, 5.41) is 0.640. The van der Waals surface area contributed by atoms with Gasteiger partial charge in [-0.15, -0.1) is 0 Å². The van der Waals surface area contributed by atoms with Crippen molar-refractivity contribution < 1.29 is 0 Å². The summed E-state index contributed by atoms with van der Waals surface area (Å²) in [5.74, 6) is 1.58. The van der Waals surface area contributed by atoms with Gasteiger partial charge < -0.3 is 0 Å². The van der Waals surface area contributed by atoms with Gasteiger partial charge in [0.15, 0.2) is 0 Å². The van der Waals surface area contributed by atoms with Crippen LogP contribution in [0.25, 0.3) is 0 Å². The Bertz CT molecular complexity index is 215. The van der Waals surface area contributed by atoms with E-state index in [1.807, 2.05) is 0 Å². The number of hydrogen-bond acceptors (Lipinski definition) is 3. The van der Waals surface area contributed by atoms with E-state index in [0.717, 1.165) is 11.8 Å². The summed E-state index contributed by atoms with van der Waals surface area (Å²) in [6.45, 7) is 0. The zero-order valence-corrected chi connectivity index (χ0v) is 10.3. The summed E-state index contributed by atoms with van der Waals surface area (Å²) in [7, 11) is 0. The van der Waals surface area contributed by atoms with Gasteiger partial charge in [-0.3, -0.25) is 0 Å². The minimum absolute atomic E-state index is 0.312. The number of thiol groups is 3. The van der Waals surface area contributed by atoms with E-state index < -0.39 is 0 Å². The lowest BCUT2D eigenvalue weighted by atomic mass is 9.55. The monoisotopic (exact) mass is 232 g/mol. The smallest absolute Gasteiger partial charge is 0.0149 e. The minimum Gasteiger partial charge on any atom is -0.175 e. The maximum atomic E-state index is 4.86. The highest BCUT2D eigenvalue weighted by atomic mass is 32.1. The molecule has 0 heterocycles. The van der Waals surface area contributed by atoms with Gasteiger partial charge in [-0.2, -0.15) is 37.9 Å². The van der Waals surface area contributed by atoms with Crippen LogP contribution in [0, 0.1) is 11.8 Å². The van der Waals surface area contributed by atoms with E-state index in [1.54, 1.807) is 0 Å². The van der Waals surface area contributed by atoms with Crippen molar-refractivity contribution in [2.45, 2.75) is 46.8 Å². The molecule has 0 aliphatic heterocycles. The van der Waals surface area contributed by atoms with E-state index in [9.17, 15) is 0 Å². The molecule has 4 aliphatic rings. The fourth-order valence-corrected chi connectivity index (χ4v) is 6.12. The molecule has 13 heavy (non-hydrogen) atoms. The molecule has 4 fully saturated rings. The highest BCUT2D eigenvalue weighted by Crippen LogP contribution is 2.62. The summed E-state index contributed by atoms with van der Waals surface area (Å²) in [5.41, 5.74) is 0. The molecule has 0 N–H and O–H groups in total. The Labute approximate surface area is 96.5 Å². The molecule has 4 rings (SSSR count). The lowest BCUT2D eigenvalue weighted by molar-refractivity contribution is 0.0677. The van der Waals surface area contributed by atoms with Gasteiger partial charge in [0.1, 0.15) is 0 Å². The standard InChI is InChI=1S/C10H16S3/c11-8-6-1-9(12)3-7(8)4-10(13,2-6)5-9/h6-8,11-13H,1-5H2. The molecule has 0 atom stereocenters. The largest absolute Gasteiger partial charge is 0.175 e. The molecule has 4 aliphatic carbocycles. The highest BCUT2D eigenvalue weighted by Gasteiger charge is 2.58. The molecular formula is C10H16S3. The average Bonchev–Trinajstić information content (AvgIpc) is 1.94. The molecule has 0 aromatic carbocycles. The van der Waals surface area contributed by atoms with Crippen LogP contribution in [0.4, 0.5) is 0 Å². The van der Waals surface area contributed by atoms with Crippen molar-refractivity contribution in [2.75, 3.05) is 0 Å². The average molecular weight is 232 g/mol. The molecule has 0 spiro atoms. The molecule has 3 heteroatoms. The Hall–Kier alpha value is 1.05. The summed E-state index contributed by atoms with van der Waals surface area (Å²) in [6, 6.07) is 0. The fraction of sp³-hybridized carbons (Fsp3) is 1.00. The van der Waals surface area contributed by atoms with Crippen LogP contribution in [0.1, 0.15) is 32.1 Å². The van der Waals surface area contributed by atoms with Crippen molar-refractivity contribution in [3.05, 3.63) is 0 Å². The second-order valence-electron chi connectivity index (χ2n) is 5.45. The van der Waals surface area contributed by atoms with Gasteiger partial charge in [0.05, 0.1) is 0 Å². The van der Waals surface area contributed by atoms with Crippen LogP contribution >= 0.6 is 37.9 Å². The van der Waals surface area contributed by atoms with Crippen LogP contribution in [-0.2, 0) is 0 Å². The van der Waals surface area contributed by atoms with Gasteiger partial charge in [-0.1, -0.05) is 0 Å². The van der Waals surface area contributed by atoms with Gasteiger partial charge >= 0.3 is 0 Å². The quantitative estimate of drug-likeness (QED) is 0.526. The summed E-state index contributed by atoms with van der Waals surface area (Å²) in [4.78, 5) is 0. The summed E-state index contributed by atoms with van der Waals surface area (Å²) in [6.07, 6.45) is 6.35. The van der Waals surface area contributed by atoms with E-state index >= 15 is 0 Å². The predicted molar refractivity (Wildman–Crippen MR) is 66.3 cm³/mol. The second-order valence-corrected chi connectivity index (χ2v) is 7.95. The molecule has 0 radical (unpaired) electrons. The highest BCUT2D eigenvalue weighted by molar-refractivity contribution is 7.83. The van der Waals surface area contributed by atoms with Crippen molar-refractivity contribution in [3.63, 3.8) is 0 Å². The normalized spacial score (nSPS) is 64.4. The lowest BCUT2D eigenvalue weighted by Crippen LogP contribution is -2.58. The zero-order chi connectivity index (χ0) is 9.27. The first-order chi connectivity index (χ1) is 6.00. The first-order valence-electron chi connectivity index (χ1n) is 5.13. The molecule has 74 valence electrons. The third-order valence-corrected chi connectivity index (χ3v) is 6.08. The van der Waals surface area contributed by atoms with Gasteiger partial charge in [-0.25, -0.2) is 0 Å². The SMILES string of the molecule is SC1C2CC3(S)CC1CC(S)(C2)C3. The Morgan fingerprint density at radius 1 is 0.846 bits per heavy atom. The van der Waals surface area contributed by atoms with Crippen LogP contribution in [0.5, 0.6) is 0 Å². The third-order valence-electron chi connectivity index (χ3n) is 4.19. The summed E-state index contributed by atoms with van der Waals surface area (Å²) < 4.78 is 0.625. The van der Waals surface area contributed by atoms with Gasteiger partial charge in [-0.05, 0) is 43.9 Å². The summed E-state index contributed by atoms with van der Waals surface area (Å²) >= 11 is 14.5. The van der Waals surface area contributed by atoms with E-state index in [4.69, 9.17) is 37.9 Å². The van der Waals surface area contributed by atoms with Gasteiger partial charge in [0, 0.05) is 14.7 Å². The van der Waals surface area contributed by atoms with Crippen molar-refractivity contribution in [3.8, 4) is 0 Å². The maximum Gasteiger partial charge on any atom is 0.0149 e. The first kappa shape index (κ1) is 9.29. The Kier molecular flexibility index (Phi) is 1.85. The molecule has 4 saturated carbocycles. The van der Waals surface area contributed by atoms with Crippen LogP contribution in [0.2, 0.25) is 0 Å². The van der Waals surface area contributed by atoms with E-state index in [0.29, 0.717) is 14.7 Å². The second kappa shape index (κ2) is 2.59. The Morgan fingerprint density at radius 2 is 1.23 bits per heavy atom. The molecule has 0 saturated heterocycles. The molecule has 0 unspecified atom stereocenters. The number of hydrogen-bond donors (Lipinski definition) is 3. The Morgan fingerprint density at radius 3 is 1.62 bits per heavy atom. The minimum atomic E-state index is 0.312. The third kappa shape index (κ3) is 1.30. The molecule has 0 aromatic rings. The van der Waals surface area contributed by atoms with Gasteiger partial charge in [0.2, 0.25) is 0 Å². The van der Waals surface area contributed by atoms with E-state index in [-0.39, 0.29) is 0 Å². The first-order valence-corrected chi connectivity index (χ1v) is 6.54. The maximum absolute atomic E-state index is 4.86. The lowest BCUT2D eigenvalue weighted by Gasteiger charge is -2.61. The molecule has 4 bridgehead atoms. The molecular weight excluding hydrogens is 216 g/mol. The molecule has 0 amide bonds. The van der Waals surface area contributed by atoms with Crippen LogP contribution in [-0.4, -0.2) is 14.7 Å².